The van der Waals surface area contributed by atoms with Gasteiger partial charge >= 0.3 is 12.4 Å². The van der Waals surface area contributed by atoms with E-state index < -0.39 is 47.6 Å². The Morgan fingerprint density at radius 1 is 1.25 bits per heavy atom. The highest BCUT2D eigenvalue weighted by molar-refractivity contribution is 5.78. The molecule has 1 saturated heterocycles. The van der Waals surface area contributed by atoms with Gasteiger partial charge < -0.3 is 9.64 Å². The fraction of sp³-hybridized carbons (Fsp3) is 0.462. The Kier molecular flexibility index (Phi) is 4.59. The van der Waals surface area contributed by atoms with E-state index in [4.69, 9.17) is 10.00 Å². The summed E-state index contributed by atoms with van der Waals surface area (Å²) in [4.78, 5) is 15.8. The van der Waals surface area contributed by atoms with Crippen LogP contribution in [0.2, 0.25) is 0 Å². The highest BCUT2D eigenvalue weighted by Crippen LogP contribution is 2.39. The van der Waals surface area contributed by atoms with Crippen LogP contribution in [0.25, 0.3) is 0 Å². The maximum absolute atomic E-state index is 12.9. The first-order chi connectivity index (χ1) is 11.0. The number of ether oxygens (including phenoxy) is 1. The number of carbonyl (C=O) groups is 1. The second-order valence-electron chi connectivity index (χ2n) is 4.87. The number of carbonyl (C=O) groups excluding carboxylic acids is 1. The second kappa shape index (κ2) is 6.18. The van der Waals surface area contributed by atoms with Gasteiger partial charge in [0.1, 0.15) is 17.3 Å². The van der Waals surface area contributed by atoms with Gasteiger partial charge in [0.05, 0.1) is 5.56 Å². The van der Waals surface area contributed by atoms with Gasteiger partial charge in [0, 0.05) is 13.1 Å². The number of hydrogen-bond acceptors (Lipinski definition) is 4. The Bertz CT molecular complexity index is 689. The minimum atomic E-state index is -5.21. The standard InChI is InChI=1S/C13H9F6N3O2/c14-12(15,16)8-4-9(13(17,18)19)21-11(7(8)5-20)24-6-10(23)22-2-1-3-22/h4H,1-3,6H2. The van der Waals surface area contributed by atoms with E-state index in [1.54, 1.807) is 0 Å². The Balaban J connectivity index is 2.40. The van der Waals surface area contributed by atoms with E-state index in [1.807, 2.05) is 0 Å². The molecule has 5 nitrogen and oxygen atoms in total. The molecule has 1 aromatic rings. The number of amides is 1. The Hall–Kier alpha value is -2.51. The lowest BCUT2D eigenvalue weighted by Crippen LogP contribution is -2.44. The number of hydrogen-bond donors (Lipinski definition) is 0. The van der Waals surface area contributed by atoms with Gasteiger partial charge in [-0.2, -0.15) is 31.6 Å². The summed E-state index contributed by atoms with van der Waals surface area (Å²) < 4.78 is 81.5. The van der Waals surface area contributed by atoms with Crippen LogP contribution in [0.5, 0.6) is 5.88 Å². The molecule has 0 aromatic carbocycles. The number of nitrogens with zero attached hydrogens (tertiary/aromatic N) is 3. The molecule has 11 heteroatoms. The summed E-state index contributed by atoms with van der Waals surface area (Å²) in [5.74, 6) is -1.79. The molecule has 1 aliphatic rings. The molecule has 0 saturated carbocycles. The molecule has 0 bridgehead atoms. The number of likely N-dealkylation sites (tertiary alicyclic amines) is 1. The summed E-state index contributed by atoms with van der Waals surface area (Å²) in [5.41, 5.74) is -4.88. The maximum atomic E-state index is 12.9. The van der Waals surface area contributed by atoms with Crippen molar-refractivity contribution in [3.63, 3.8) is 0 Å². The summed E-state index contributed by atoms with van der Waals surface area (Å²) in [6.45, 7) is 0.0501. The van der Waals surface area contributed by atoms with E-state index in [-0.39, 0.29) is 6.07 Å². The topological polar surface area (TPSA) is 66.2 Å². The number of aromatic nitrogens is 1. The van der Waals surface area contributed by atoms with Crippen molar-refractivity contribution in [2.75, 3.05) is 19.7 Å². The van der Waals surface area contributed by atoms with Crippen LogP contribution in [-0.4, -0.2) is 35.5 Å². The summed E-state index contributed by atoms with van der Waals surface area (Å²) in [6, 6.07) is 0.869. The van der Waals surface area contributed by atoms with Gasteiger partial charge in [0.25, 0.3) is 5.91 Å². The maximum Gasteiger partial charge on any atom is 0.433 e. The zero-order valence-electron chi connectivity index (χ0n) is 11.8. The lowest BCUT2D eigenvalue weighted by Gasteiger charge is -2.30. The van der Waals surface area contributed by atoms with Crippen molar-refractivity contribution in [3.05, 3.63) is 22.9 Å². The summed E-state index contributed by atoms with van der Waals surface area (Å²) in [7, 11) is 0. The first-order valence-corrected chi connectivity index (χ1v) is 6.54. The SMILES string of the molecule is N#Cc1c(C(F)(F)F)cc(C(F)(F)F)nc1OCC(=O)N1CCC1. The molecule has 0 unspecified atom stereocenters. The predicted molar refractivity (Wildman–Crippen MR) is 65.6 cm³/mol. The third kappa shape index (κ3) is 3.69. The van der Waals surface area contributed by atoms with Crippen LogP contribution in [0, 0.1) is 11.3 Å². The van der Waals surface area contributed by atoms with Gasteiger partial charge in [-0.15, -0.1) is 0 Å². The summed E-state index contributed by atoms with van der Waals surface area (Å²) in [6.07, 6.45) is -9.64. The monoisotopic (exact) mass is 353 g/mol. The molecule has 1 aliphatic heterocycles. The highest BCUT2D eigenvalue weighted by atomic mass is 19.4. The van der Waals surface area contributed by atoms with E-state index in [9.17, 15) is 31.1 Å². The smallest absolute Gasteiger partial charge is 0.433 e. The van der Waals surface area contributed by atoms with Crippen molar-refractivity contribution in [1.29, 1.82) is 5.26 Å². The van der Waals surface area contributed by atoms with Crippen LogP contribution in [0.1, 0.15) is 23.2 Å². The van der Waals surface area contributed by atoms with E-state index >= 15 is 0 Å². The molecule has 1 aromatic heterocycles. The fourth-order valence-corrected chi connectivity index (χ4v) is 1.89. The van der Waals surface area contributed by atoms with Crippen molar-refractivity contribution in [3.8, 4) is 11.9 Å². The molecule has 1 amide bonds. The third-order valence-corrected chi connectivity index (χ3v) is 3.24. The molecule has 24 heavy (non-hydrogen) atoms. The molecule has 0 N–H and O–H groups in total. The van der Waals surface area contributed by atoms with E-state index in [0.717, 1.165) is 12.5 Å². The van der Waals surface area contributed by atoms with Gasteiger partial charge in [0.2, 0.25) is 5.88 Å². The highest BCUT2D eigenvalue weighted by Gasteiger charge is 2.41. The third-order valence-electron chi connectivity index (χ3n) is 3.24. The van der Waals surface area contributed by atoms with Gasteiger partial charge in [-0.1, -0.05) is 0 Å². The van der Waals surface area contributed by atoms with Crippen molar-refractivity contribution in [2.45, 2.75) is 18.8 Å². The molecule has 0 aliphatic carbocycles. The fourth-order valence-electron chi connectivity index (χ4n) is 1.89. The van der Waals surface area contributed by atoms with Gasteiger partial charge in [0.15, 0.2) is 6.61 Å². The number of alkyl halides is 6. The van der Waals surface area contributed by atoms with Crippen molar-refractivity contribution in [2.24, 2.45) is 0 Å². The number of halogens is 6. The summed E-state index contributed by atoms with van der Waals surface area (Å²) in [5, 5.41) is 8.84. The zero-order valence-corrected chi connectivity index (χ0v) is 11.8. The van der Waals surface area contributed by atoms with Crippen LogP contribution in [0.4, 0.5) is 26.3 Å². The molecule has 0 spiro atoms. The molecule has 130 valence electrons. The zero-order chi connectivity index (χ0) is 18.1. The molecular formula is C13H9F6N3O2. The number of pyridine rings is 1. The Morgan fingerprint density at radius 3 is 2.29 bits per heavy atom. The first kappa shape index (κ1) is 17.8. The average Bonchev–Trinajstić information content (AvgIpc) is 2.40. The molecular weight excluding hydrogens is 344 g/mol. The normalized spacial score (nSPS) is 14.8. The van der Waals surface area contributed by atoms with E-state index in [0.29, 0.717) is 13.1 Å². The van der Waals surface area contributed by atoms with Crippen LogP contribution in [0.3, 0.4) is 0 Å². The van der Waals surface area contributed by atoms with Crippen molar-refractivity contribution in [1.82, 2.24) is 9.88 Å². The second-order valence-corrected chi connectivity index (χ2v) is 4.87. The molecule has 0 radical (unpaired) electrons. The van der Waals surface area contributed by atoms with E-state index in [1.165, 1.54) is 4.90 Å². The minimum Gasteiger partial charge on any atom is -0.467 e. The van der Waals surface area contributed by atoms with E-state index in [2.05, 4.69) is 4.98 Å². The lowest BCUT2D eigenvalue weighted by atomic mass is 10.1. The largest absolute Gasteiger partial charge is 0.467 e. The Labute approximate surface area is 131 Å². The van der Waals surface area contributed by atoms with Crippen LogP contribution >= 0.6 is 0 Å². The van der Waals surface area contributed by atoms with Gasteiger partial charge in [-0.3, -0.25) is 4.79 Å². The predicted octanol–water partition coefficient (Wildman–Crippen LogP) is 2.60. The molecule has 2 rings (SSSR count). The lowest BCUT2D eigenvalue weighted by molar-refractivity contribution is -0.146. The Morgan fingerprint density at radius 2 is 1.88 bits per heavy atom. The molecule has 2 heterocycles. The average molecular weight is 353 g/mol. The van der Waals surface area contributed by atoms with Crippen molar-refractivity contribution >= 4 is 5.91 Å². The van der Waals surface area contributed by atoms with Gasteiger partial charge in [-0.05, 0) is 12.5 Å². The van der Waals surface area contributed by atoms with Gasteiger partial charge in [-0.25, -0.2) is 4.98 Å². The number of nitriles is 1. The van der Waals surface area contributed by atoms with Crippen LogP contribution in [0.15, 0.2) is 6.07 Å². The molecule has 0 atom stereocenters. The molecule has 1 fully saturated rings. The summed E-state index contributed by atoms with van der Waals surface area (Å²) >= 11 is 0. The van der Waals surface area contributed by atoms with Crippen molar-refractivity contribution < 1.29 is 35.9 Å². The minimum absolute atomic E-state index is 0.261. The van der Waals surface area contributed by atoms with Crippen LogP contribution < -0.4 is 4.74 Å². The first-order valence-electron chi connectivity index (χ1n) is 6.54. The van der Waals surface area contributed by atoms with Crippen LogP contribution in [-0.2, 0) is 17.1 Å². The number of rotatable bonds is 3. The quantitative estimate of drug-likeness (QED) is 0.784.